The first-order valence-electron chi connectivity index (χ1n) is 8.47. The minimum absolute atomic E-state index is 0.0684. The van der Waals surface area contributed by atoms with Gasteiger partial charge >= 0.3 is 0 Å². The minimum Gasteiger partial charge on any atom is -0.504 e. The Morgan fingerprint density at radius 2 is 2.00 bits per heavy atom. The van der Waals surface area contributed by atoms with E-state index in [0.29, 0.717) is 5.92 Å². The molecule has 1 aliphatic heterocycles. The van der Waals surface area contributed by atoms with Crippen molar-refractivity contribution in [3.05, 3.63) is 42.2 Å². The second-order valence-electron chi connectivity index (χ2n) is 6.27. The Kier molecular flexibility index (Phi) is 5.15. The Morgan fingerprint density at radius 3 is 2.67 bits per heavy atom. The Morgan fingerprint density at radius 1 is 1.29 bits per heavy atom. The van der Waals surface area contributed by atoms with Crippen LogP contribution in [0.25, 0.3) is 5.69 Å². The van der Waals surface area contributed by atoms with Crippen molar-refractivity contribution in [2.75, 3.05) is 26.7 Å². The van der Waals surface area contributed by atoms with E-state index in [1.165, 1.54) is 6.20 Å². The van der Waals surface area contributed by atoms with Crippen molar-refractivity contribution in [3.63, 3.8) is 0 Å². The van der Waals surface area contributed by atoms with Crippen LogP contribution in [0, 0.1) is 5.92 Å². The molecular weight excluding hydrogens is 304 g/mol. The molecule has 24 heavy (non-hydrogen) atoms. The maximum absolute atomic E-state index is 12.7. The zero-order chi connectivity index (χ0) is 16.9. The van der Waals surface area contributed by atoms with Crippen LogP contribution in [0.5, 0.6) is 5.75 Å². The Balaban J connectivity index is 1.67. The lowest BCUT2D eigenvalue weighted by atomic mass is 9.93. The second kappa shape index (κ2) is 7.49. The van der Waals surface area contributed by atoms with Crippen LogP contribution < -0.4 is 5.32 Å². The van der Waals surface area contributed by atoms with Gasteiger partial charge in [0, 0.05) is 13.1 Å². The fourth-order valence-corrected chi connectivity index (χ4v) is 3.15. The highest BCUT2D eigenvalue weighted by Crippen LogP contribution is 2.24. The van der Waals surface area contributed by atoms with Crippen LogP contribution in [0.4, 0.5) is 0 Å². The number of aromatic nitrogens is 2. The third-order valence-electron chi connectivity index (χ3n) is 4.62. The molecule has 1 saturated heterocycles. The van der Waals surface area contributed by atoms with Gasteiger partial charge in [0.2, 0.25) is 0 Å². The zero-order valence-electron chi connectivity index (χ0n) is 14.0. The standard InChI is InChI=1S/C18H24N4O2/c1-19-10-7-14-8-11-21(12-9-14)18(24)17-16(23)13-22(20-17)15-5-3-2-4-6-15/h2-6,13-14,19,23H,7-12H2,1H3. The summed E-state index contributed by atoms with van der Waals surface area (Å²) in [6.07, 6.45) is 4.65. The molecule has 1 fully saturated rings. The summed E-state index contributed by atoms with van der Waals surface area (Å²) >= 11 is 0. The number of nitrogens with one attached hydrogen (secondary N) is 1. The van der Waals surface area contributed by atoms with E-state index in [9.17, 15) is 9.90 Å². The summed E-state index contributed by atoms with van der Waals surface area (Å²) in [5.41, 5.74) is 0.949. The first-order valence-corrected chi connectivity index (χ1v) is 8.47. The van der Waals surface area contributed by atoms with Gasteiger partial charge in [-0.2, -0.15) is 5.10 Å². The first-order chi connectivity index (χ1) is 11.7. The summed E-state index contributed by atoms with van der Waals surface area (Å²) in [6, 6.07) is 9.47. The van der Waals surface area contributed by atoms with E-state index < -0.39 is 0 Å². The Labute approximate surface area is 142 Å². The van der Waals surface area contributed by atoms with Gasteiger partial charge in [0.1, 0.15) is 0 Å². The second-order valence-corrected chi connectivity index (χ2v) is 6.27. The topological polar surface area (TPSA) is 70.4 Å². The monoisotopic (exact) mass is 328 g/mol. The fourth-order valence-electron chi connectivity index (χ4n) is 3.15. The number of benzene rings is 1. The molecular formula is C18H24N4O2. The summed E-state index contributed by atoms with van der Waals surface area (Å²) in [5, 5.41) is 17.6. The number of para-hydroxylation sites is 1. The third kappa shape index (κ3) is 3.59. The molecule has 3 rings (SSSR count). The lowest BCUT2D eigenvalue weighted by Crippen LogP contribution is -2.39. The number of aromatic hydroxyl groups is 1. The van der Waals surface area contributed by atoms with E-state index in [1.807, 2.05) is 37.4 Å². The van der Waals surface area contributed by atoms with E-state index in [2.05, 4.69) is 10.4 Å². The number of piperidine rings is 1. The predicted molar refractivity (Wildman–Crippen MR) is 92.4 cm³/mol. The van der Waals surface area contributed by atoms with Crippen molar-refractivity contribution in [3.8, 4) is 11.4 Å². The number of nitrogens with zero attached hydrogens (tertiary/aromatic N) is 3. The van der Waals surface area contributed by atoms with Gasteiger partial charge in [0.15, 0.2) is 11.4 Å². The molecule has 2 N–H and O–H groups in total. The van der Waals surface area contributed by atoms with E-state index in [0.717, 1.165) is 44.6 Å². The largest absolute Gasteiger partial charge is 0.504 e. The third-order valence-corrected chi connectivity index (χ3v) is 4.62. The van der Waals surface area contributed by atoms with Crippen molar-refractivity contribution in [1.29, 1.82) is 0 Å². The van der Waals surface area contributed by atoms with Crippen LogP contribution >= 0.6 is 0 Å². The van der Waals surface area contributed by atoms with E-state index in [4.69, 9.17) is 0 Å². The normalized spacial score (nSPS) is 15.6. The smallest absolute Gasteiger partial charge is 0.278 e. The molecule has 0 unspecified atom stereocenters. The maximum Gasteiger partial charge on any atom is 0.278 e. The quantitative estimate of drug-likeness (QED) is 0.881. The molecule has 1 amide bonds. The lowest BCUT2D eigenvalue weighted by molar-refractivity contribution is 0.0677. The fraction of sp³-hybridized carbons (Fsp3) is 0.444. The van der Waals surface area contributed by atoms with Crippen LogP contribution in [0.2, 0.25) is 0 Å². The van der Waals surface area contributed by atoms with Crippen molar-refractivity contribution in [1.82, 2.24) is 20.0 Å². The molecule has 6 heteroatoms. The van der Waals surface area contributed by atoms with Crippen molar-refractivity contribution in [2.45, 2.75) is 19.3 Å². The number of hydrogen-bond acceptors (Lipinski definition) is 4. The summed E-state index contributed by atoms with van der Waals surface area (Å²) in [5.74, 6) is 0.410. The van der Waals surface area contributed by atoms with Crippen LogP contribution in [-0.2, 0) is 0 Å². The maximum atomic E-state index is 12.7. The van der Waals surface area contributed by atoms with Crippen LogP contribution in [0.3, 0.4) is 0 Å². The highest BCUT2D eigenvalue weighted by molar-refractivity contribution is 5.94. The summed E-state index contributed by atoms with van der Waals surface area (Å²) in [4.78, 5) is 14.5. The lowest BCUT2D eigenvalue weighted by Gasteiger charge is -2.31. The summed E-state index contributed by atoms with van der Waals surface area (Å²) < 4.78 is 1.54. The van der Waals surface area contributed by atoms with Crippen molar-refractivity contribution in [2.24, 2.45) is 5.92 Å². The number of amides is 1. The number of carbonyl (C=O) groups excluding carboxylic acids is 1. The Bertz CT molecular complexity index is 676. The summed E-state index contributed by atoms with van der Waals surface area (Å²) in [6.45, 7) is 2.47. The molecule has 0 saturated carbocycles. The number of hydrogen-bond donors (Lipinski definition) is 2. The van der Waals surface area contributed by atoms with Crippen molar-refractivity contribution >= 4 is 5.91 Å². The molecule has 0 spiro atoms. The van der Waals surface area contributed by atoms with Gasteiger partial charge in [-0.25, -0.2) is 4.68 Å². The van der Waals surface area contributed by atoms with E-state index >= 15 is 0 Å². The molecule has 2 aromatic rings. The average molecular weight is 328 g/mol. The van der Waals surface area contributed by atoms with Gasteiger partial charge in [-0.1, -0.05) is 18.2 Å². The Hall–Kier alpha value is -2.34. The van der Waals surface area contributed by atoms with Gasteiger partial charge in [-0.3, -0.25) is 4.79 Å². The highest BCUT2D eigenvalue weighted by Gasteiger charge is 2.27. The molecule has 128 valence electrons. The van der Waals surface area contributed by atoms with E-state index in [-0.39, 0.29) is 17.4 Å². The molecule has 1 aliphatic rings. The van der Waals surface area contributed by atoms with Crippen LogP contribution in [-0.4, -0.2) is 52.4 Å². The first kappa shape index (κ1) is 16.5. The van der Waals surface area contributed by atoms with E-state index in [1.54, 1.807) is 9.58 Å². The number of rotatable bonds is 5. The van der Waals surface area contributed by atoms with Crippen molar-refractivity contribution < 1.29 is 9.90 Å². The number of carbonyl (C=O) groups is 1. The SMILES string of the molecule is CNCCC1CCN(C(=O)c2nn(-c3ccccc3)cc2O)CC1. The molecule has 0 bridgehead atoms. The van der Waals surface area contributed by atoms with Gasteiger partial charge in [-0.05, 0) is 50.9 Å². The van der Waals surface area contributed by atoms with Gasteiger partial charge in [0.05, 0.1) is 11.9 Å². The van der Waals surface area contributed by atoms with Crippen LogP contribution in [0.15, 0.2) is 36.5 Å². The molecule has 1 aromatic carbocycles. The molecule has 0 atom stereocenters. The highest BCUT2D eigenvalue weighted by atomic mass is 16.3. The molecule has 0 aliphatic carbocycles. The number of likely N-dealkylation sites (tertiary alicyclic amines) is 1. The minimum atomic E-state index is -0.186. The van der Waals surface area contributed by atoms with Gasteiger partial charge in [0.25, 0.3) is 5.91 Å². The van der Waals surface area contributed by atoms with Crippen LogP contribution in [0.1, 0.15) is 29.8 Å². The van der Waals surface area contributed by atoms with Gasteiger partial charge < -0.3 is 15.3 Å². The zero-order valence-corrected chi connectivity index (χ0v) is 14.0. The van der Waals surface area contributed by atoms with Gasteiger partial charge in [-0.15, -0.1) is 0 Å². The predicted octanol–water partition coefficient (Wildman–Crippen LogP) is 2.04. The summed E-state index contributed by atoms with van der Waals surface area (Å²) in [7, 11) is 1.96. The average Bonchev–Trinajstić information content (AvgIpc) is 3.02. The molecule has 2 heterocycles. The molecule has 0 radical (unpaired) electrons. The molecule has 6 nitrogen and oxygen atoms in total. The molecule has 1 aromatic heterocycles.